The van der Waals surface area contributed by atoms with E-state index in [0.717, 1.165) is 11.1 Å². The third-order valence-electron chi connectivity index (χ3n) is 3.50. The maximum atomic E-state index is 11.9. The summed E-state index contributed by atoms with van der Waals surface area (Å²) in [5.74, 6) is -1.50. The molecule has 0 amide bonds. The van der Waals surface area contributed by atoms with Crippen LogP contribution in [-0.2, 0) is 19.1 Å². The Hall–Kier alpha value is -2.00. The van der Waals surface area contributed by atoms with E-state index in [0.29, 0.717) is 0 Å². The van der Waals surface area contributed by atoms with Crippen molar-refractivity contribution in [3.63, 3.8) is 0 Å². The molecule has 0 radical (unpaired) electrons. The van der Waals surface area contributed by atoms with Gasteiger partial charge in [0, 0.05) is 11.1 Å². The van der Waals surface area contributed by atoms with Crippen molar-refractivity contribution in [2.75, 3.05) is 0 Å². The summed E-state index contributed by atoms with van der Waals surface area (Å²) >= 11 is 0. The molecule has 4 unspecified atom stereocenters. The van der Waals surface area contributed by atoms with Gasteiger partial charge >= 0.3 is 11.9 Å². The van der Waals surface area contributed by atoms with E-state index in [1.807, 2.05) is 36.4 Å². The van der Waals surface area contributed by atoms with Crippen molar-refractivity contribution in [1.29, 1.82) is 0 Å². The number of benzene rings is 2. The number of carbonyl (C=O) groups is 2. The molecule has 0 bridgehead atoms. The van der Waals surface area contributed by atoms with E-state index in [1.54, 1.807) is 24.3 Å². The van der Waals surface area contributed by atoms with Crippen molar-refractivity contribution in [2.24, 2.45) is 0 Å². The van der Waals surface area contributed by atoms with E-state index in [-0.39, 0.29) is 0 Å². The van der Waals surface area contributed by atoms with E-state index in [1.165, 1.54) is 35.4 Å². The van der Waals surface area contributed by atoms with Crippen LogP contribution in [0.3, 0.4) is 0 Å². The normalized spacial score (nSPS) is 15.1. The fourth-order valence-electron chi connectivity index (χ4n) is 2.02. The molecule has 4 atom stereocenters. The van der Waals surface area contributed by atoms with Gasteiger partial charge in [0.15, 0.2) is 10.9 Å². The molecule has 150 valence electrons. The lowest BCUT2D eigenvalue weighted by molar-refractivity contribution is -0.155. The van der Waals surface area contributed by atoms with Gasteiger partial charge in [0.05, 0.1) is 0 Å². The van der Waals surface area contributed by atoms with Gasteiger partial charge in [-0.15, -0.1) is 0 Å². The highest BCUT2D eigenvalue weighted by Crippen LogP contribution is 2.47. The van der Waals surface area contributed by atoms with Gasteiger partial charge < -0.3 is 19.7 Å². The first kappa shape index (κ1) is 22.3. The summed E-state index contributed by atoms with van der Waals surface area (Å²) in [6.45, 7) is 2.67. The zero-order valence-electron chi connectivity index (χ0n) is 15.4. The molecule has 0 spiro atoms. The lowest BCUT2D eigenvalue weighted by Gasteiger charge is -2.22. The number of hydrogen-bond donors (Lipinski definition) is 2. The molecule has 2 rings (SSSR count). The molecule has 0 heterocycles. The lowest BCUT2D eigenvalue weighted by Crippen LogP contribution is -2.21. The Kier molecular flexibility index (Phi) is 8.85. The molecule has 0 aromatic heterocycles. The van der Waals surface area contributed by atoms with E-state index in [4.69, 9.17) is 9.47 Å². The second-order valence-corrected chi connectivity index (χ2v) is 8.30. The van der Waals surface area contributed by atoms with Crippen LogP contribution in [0.4, 0.5) is 0 Å². The summed E-state index contributed by atoms with van der Waals surface area (Å²) < 4.78 is 10.8. The Balaban J connectivity index is 2.17. The van der Waals surface area contributed by atoms with Crippen LogP contribution in [0.25, 0.3) is 0 Å². The SMILES string of the molecule is CC(O)C(=O)OC(SSC(OC(=O)C(C)O)c1ccccc1)c1ccccc1. The molecule has 2 aromatic rings. The fraction of sp³-hybridized carbons (Fsp3) is 0.300. The molecule has 0 aliphatic heterocycles. The number of ether oxygens (including phenoxy) is 2. The van der Waals surface area contributed by atoms with Crippen LogP contribution in [-0.4, -0.2) is 34.4 Å². The Bertz CT molecular complexity index is 686. The summed E-state index contributed by atoms with van der Waals surface area (Å²) in [6, 6.07) is 18.1. The third kappa shape index (κ3) is 6.87. The van der Waals surface area contributed by atoms with Crippen LogP contribution < -0.4 is 0 Å². The van der Waals surface area contributed by atoms with Crippen LogP contribution in [0.15, 0.2) is 60.7 Å². The number of aliphatic hydroxyl groups is 2. The minimum atomic E-state index is -1.25. The van der Waals surface area contributed by atoms with Crippen LogP contribution in [0.5, 0.6) is 0 Å². The predicted octanol–water partition coefficient (Wildman–Crippen LogP) is 3.61. The van der Waals surface area contributed by atoms with E-state index in [9.17, 15) is 19.8 Å². The smallest absolute Gasteiger partial charge is 0.336 e. The van der Waals surface area contributed by atoms with Crippen LogP contribution in [0, 0.1) is 0 Å². The summed E-state index contributed by atoms with van der Waals surface area (Å²) in [6.07, 6.45) is -2.51. The average molecular weight is 423 g/mol. The van der Waals surface area contributed by atoms with Gasteiger partial charge in [-0.25, -0.2) is 9.59 Å². The number of rotatable bonds is 9. The largest absolute Gasteiger partial charge is 0.443 e. The highest BCUT2D eigenvalue weighted by atomic mass is 33.1. The summed E-state index contributed by atoms with van der Waals surface area (Å²) in [7, 11) is 2.36. The monoisotopic (exact) mass is 422 g/mol. The van der Waals surface area contributed by atoms with Crippen molar-refractivity contribution in [2.45, 2.75) is 36.9 Å². The predicted molar refractivity (Wildman–Crippen MR) is 109 cm³/mol. The van der Waals surface area contributed by atoms with Crippen molar-refractivity contribution in [1.82, 2.24) is 0 Å². The Morgan fingerprint density at radius 2 is 1.04 bits per heavy atom. The number of aliphatic hydroxyl groups excluding tert-OH is 2. The van der Waals surface area contributed by atoms with E-state index >= 15 is 0 Å². The Labute approximate surface area is 171 Å². The Morgan fingerprint density at radius 1 is 0.714 bits per heavy atom. The second kappa shape index (κ2) is 11.1. The van der Waals surface area contributed by atoms with Crippen LogP contribution in [0.1, 0.15) is 35.8 Å². The quantitative estimate of drug-likeness (QED) is 0.360. The molecule has 6 nitrogen and oxygen atoms in total. The van der Waals surface area contributed by atoms with Gasteiger partial charge in [-0.05, 0) is 35.4 Å². The molecule has 0 aliphatic rings. The van der Waals surface area contributed by atoms with Gasteiger partial charge in [0.1, 0.15) is 12.2 Å². The number of carbonyl (C=O) groups excluding carboxylic acids is 2. The second-order valence-electron chi connectivity index (χ2n) is 5.90. The molecule has 0 saturated heterocycles. The number of esters is 2. The van der Waals surface area contributed by atoms with Crippen molar-refractivity contribution in [3.8, 4) is 0 Å². The summed E-state index contributed by atoms with van der Waals surface area (Å²) in [4.78, 5) is 23.8. The standard InChI is InChI=1S/C20H22O6S2/c1-13(21)17(23)25-19(15-9-5-3-6-10-15)27-28-20(26-18(24)14(2)22)16-11-7-4-8-12-16/h3-14,19-22H,1-2H3. The molecule has 0 saturated carbocycles. The zero-order chi connectivity index (χ0) is 20.5. The fourth-order valence-corrected chi connectivity index (χ4v) is 4.53. The van der Waals surface area contributed by atoms with Crippen molar-refractivity contribution >= 4 is 33.5 Å². The van der Waals surface area contributed by atoms with E-state index < -0.39 is 35.0 Å². The molecular formula is C20H22O6S2. The molecule has 2 aromatic carbocycles. The summed E-state index contributed by atoms with van der Waals surface area (Å²) in [5, 5.41) is 18.9. The van der Waals surface area contributed by atoms with Gasteiger partial charge in [-0.2, -0.15) is 0 Å². The zero-order valence-corrected chi connectivity index (χ0v) is 17.1. The Morgan fingerprint density at radius 3 is 1.32 bits per heavy atom. The molecular weight excluding hydrogens is 400 g/mol. The topological polar surface area (TPSA) is 93.1 Å². The molecule has 2 N–H and O–H groups in total. The average Bonchev–Trinajstić information content (AvgIpc) is 2.70. The van der Waals surface area contributed by atoms with Gasteiger partial charge in [0.25, 0.3) is 0 Å². The van der Waals surface area contributed by atoms with Gasteiger partial charge in [-0.1, -0.05) is 60.7 Å². The van der Waals surface area contributed by atoms with Gasteiger partial charge in [-0.3, -0.25) is 0 Å². The highest BCUT2D eigenvalue weighted by Gasteiger charge is 2.26. The van der Waals surface area contributed by atoms with Crippen molar-refractivity contribution < 1.29 is 29.3 Å². The first-order valence-electron chi connectivity index (χ1n) is 8.57. The molecule has 0 fully saturated rings. The lowest BCUT2D eigenvalue weighted by atomic mass is 10.2. The number of hydrogen-bond acceptors (Lipinski definition) is 8. The maximum Gasteiger partial charge on any atom is 0.336 e. The highest BCUT2D eigenvalue weighted by molar-refractivity contribution is 8.76. The summed E-state index contributed by atoms with van der Waals surface area (Å²) in [5.41, 5.74) is 0.0138. The molecule has 8 heteroatoms. The van der Waals surface area contributed by atoms with Crippen LogP contribution >= 0.6 is 21.6 Å². The third-order valence-corrected chi connectivity index (χ3v) is 6.08. The van der Waals surface area contributed by atoms with Crippen molar-refractivity contribution in [3.05, 3.63) is 71.8 Å². The minimum absolute atomic E-state index is 0.718. The van der Waals surface area contributed by atoms with Crippen LogP contribution in [0.2, 0.25) is 0 Å². The minimum Gasteiger partial charge on any atom is -0.443 e. The maximum absolute atomic E-state index is 11.9. The van der Waals surface area contributed by atoms with E-state index in [2.05, 4.69) is 0 Å². The molecule has 28 heavy (non-hydrogen) atoms. The molecule has 0 aliphatic carbocycles. The first-order valence-corrected chi connectivity index (χ1v) is 10.8. The first-order chi connectivity index (χ1) is 13.4. The van der Waals surface area contributed by atoms with Gasteiger partial charge in [0.2, 0.25) is 0 Å².